The summed E-state index contributed by atoms with van der Waals surface area (Å²) >= 11 is 4.76. The zero-order chi connectivity index (χ0) is 23.9. The first-order chi connectivity index (χ1) is 16.5. The second-order valence-corrected chi connectivity index (χ2v) is 10.8. The summed E-state index contributed by atoms with van der Waals surface area (Å²) in [4.78, 5) is 0. The third-order valence-corrected chi connectivity index (χ3v) is 8.07. The van der Waals surface area contributed by atoms with Gasteiger partial charge < -0.3 is 0 Å². The number of halogens is 2. The average Bonchev–Trinajstić information content (AvgIpc) is 2.87. The molecule has 0 aliphatic carbocycles. The fourth-order valence-corrected chi connectivity index (χ4v) is 5.55. The van der Waals surface area contributed by atoms with E-state index in [0.717, 1.165) is 24.0 Å². The third-order valence-electron chi connectivity index (χ3n) is 6.18. The van der Waals surface area contributed by atoms with E-state index in [1.54, 1.807) is 0 Å². The molecule has 0 nitrogen and oxygen atoms in total. The molecular weight excluding hydrogens is 638 g/mol. The molecule has 0 amide bonds. The molecule has 170 valence electrons. The maximum atomic E-state index is 4.32. The summed E-state index contributed by atoms with van der Waals surface area (Å²) in [5.74, 6) is 0. The quantitative estimate of drug-likeness (QED) is 0.123. The Morgan fingerprint density at radius 2 is 0.853 bits per heavy atom. The molecule has 4 aromatic carbocycles. The van der Waals surface area contributed by atoms with Crippen LogP contribution in [0.25, 0.3) is 11.1 Å². The Bertz CT molecular complexity index is 1180. The Hall–Kier alpha value is -2.18. The van der Waals surface area contributed by atoms with Gasteiger partial charge >= 0.3 is 0 Å². The Balaban J connectivity index is 1.27. The lowest BCUT2D eigenvalue weighted by Crippen LogP contribution is -1.93. The van der Waals surface area contributed by atoms with Crippen molar-refractivity contribution in [3.05, 3.63) is 151 Å². The van der Waals surface area contributed by atoms with Gasteiger partial charge in [0.2, 0.25) is 0 Å². The number of unbranched alkanes of at least 4 members (excludes halogenated alkanes) is 1. The monoisotopic (exact) mass is 666 g/mol. The van der Waals surface area contributed by atoms with Gasteiger partial charge in [0.05, 0.1) is 0 Å². The van der Waals surface area contributed by atoms with Gasteiger partial charge in [0, 0.05) is 7.14 Å². The molecule has 0 saturated heterocycles. The van der Waals surface area contributed by atoms with E-state index in [1.165, 1.54) is 53.4 Å². The van der Waals surface area contributed by atoms with Gasteiger partial charge in [-0.2, -0.15) is 0 Å². The molecule has 4 aromatic rings. The van der Waals surface area contributed by atoms with Gasteiger partial charge in [-0.15, -0.1) is 0 Å². The molecule has 0 radical (unpaired) electrons. The first kappa shape index (κ1) is 24.9. The molecule has 0 atom stereocenters. The van der Waals surface area contributed by atoms with Gasteiger partial charge in [-0.3, -0.25) is 0 Å². The Kier molecular flexibility index (Phi) is 8.79. The van der Waals surface area contributed by atoms with Crippen LogP contribution in [0.2, 0.25) is 0 Å². The minimum absolute atomic E-state index is 1.09. The molecule has 2 heteroatoms. The summed E-state index contributed by atoms with van der Waals surface area (Å²) in [5, 5.41) is 0. The van der Waals surface area contributed by atoms with Crippen molar-refractivity contribution in [1.82, 2.24) is 0 Å². The van der Waals surface area contributed by atoms with Crippen LogP contribution in [0.4, 0.5) is 0 Å². The largest absolute Gasteiger partial charge is 0.0905 e. The van der Waals surface area contributed by atoms with Crippen LogP contribution in [-0.2, 0) is 12.8 Å². The summed E-state index contributed by atoms with van der Waals surface area (Å²) in [6.07, 6.45) is 4.59. The molecule has 0 fully saturated rings. The molecule has 0 saturated carbocycles. The van der Waals surface area contributed by atoms with Crippen molar-refractivity contribution in [2.75, 3.05) is 0 Å². The zero-order valence-electron chi connectivity index (χ0n) is 19.2. The van der Waals surface area contributed by atoms with Crippen LogP contribution < -0.4 is 0 Å². The Morgan fingerprint density at radius 3 is 1.21 bits per heavy atom. The zero-order valence-corrected chi connectivity index (χ0v) is 23.6. The highest BCUT2D eigenvalue weighted by Crippen LogP contribution is 2.27. The van der Waals surface area contributed by atoms with Crippen molar-refractivity contribution in [2.24, 2.45) is 0 Å². The van der Waals surface area contributed by atoms with Crippen molar-refractivity contribution >= 4 is 56.3 Å². The molecule has 0 bridgehead atoms. The maximum Gasteiger partial charge on any atom is 0.0208 e. The highest BCUT2D eigenvalue weighted by Gasteiger charge is 2.07. The van der Waals surface area contributed by atoms with Crippen LogP contribution in [0.3, 0.4) is 0 Å². The standard InChI is InChI=1S/C32H28I2/c1-23(29-11-5-7-13-31(29)33)27-19-15-25(16-20-27)9-3-4-10-26-17-21-28(22-18-26)24(2)30-12-6-8-14-32(30)34/h5-8,11-22H,1-4,9-10H2. The van der Waals surface area contributed by atoms with Crippen LogP contribution in [0, 0.1) is 7.14 Å². The molecule has 0 aliphatic heterocycles. The summed E-state index contributed by atoms with van der Waals surface area (Å²) < 4.78 is 2.47. The molecular formula is C32H28I2. The first-order valence-electron chi connectivity index (χ1n) is 11.6. The van der Waals surface area contributed by atoms with Crippen LogP contribution in [0.15, 0.2) is 110 Å². The molecule has 0 unspecified atom stereocenters. The second-order valence-electron chi connectivity index (χ2n) is 8.52. The lowest BCUT2D eigenvalue weighted by atomic mass is 9.96. The summed E-state index contributed by atoms with van der Waals surface area (Å²) in [7, 11) is 0. The highest BCUT2D eigenvalue weighted by molar-refractivity contribution is 14.1. The smallest absolute Gasteiger partial charge is 0.0208 e. The van der Waals surface area contributed by atoms with Crippen LogP contribution in [0.5, 0.6) is 0 Å². The number of benzene rings is 4. The van der Waals surface area contributed by atoms with Gasteiger partial charge in [0.1, 0.15) is 0 Å². The Labute approximate surface area is 231 Å². The van der Waals surface area contributed by atoms with E-state index in [2.05, 4.69) is 155 Å². The minimum atomic E-state index is 1.09. The predicted molar refractivity (Wildman–Crippen MR) is 164 cm³/mol. The fourth-order valence-electron chi connectivity index (χ4n) is 4.13. The maximum absolute atomic E-state index is 4.32. The van der Waals surface area contributed by atoms with E-state index in [4.69, 9.17) is 0 Å². The van der Waals surface area contributed by atoms with Crippen LogP contribution >= 0.6 is 45.2 Å². The summed E-state index contributed by atoms with van der Waals surface area (Å²) in [5.41, 5.74) is 9.77. The minimum Gasteiger partial charge on any atom is -0.0905 e. The lowest BCUT2D eigenvalue weighted by Gasteiger charge is -2.10. The number of hydrogen-bond acceptors (Lipinski definition) is 0. The predicted octanol–water partition coefficient (Wildman–Crippen LogP) is 9.58. The SMILES string of the molecule is C=C(c1ccc(CCCCc2ccc(C(=C)c3ccccc3I)cc2)cc1)c1ccccc1I. The van der Waals surface area contributed by atoms with E-state index in [9.17, 15) is 0 Å². The van der Waals surface area contributed by atoms with Crippen LogP contribution in [0.1, 0.15) is 46.2 Å². The molecule has 0 N–H and O–H groups in total. The lowest BCUT2D eigenvalue weighted by molar-refractivity contribution is 0.734. The van der Waals surface area contributed by atoms with E-state index >= 15 is 0 Å². The first-order valence-corrected chi connectivity index (χ1v) is 13.7. The topological polar surface area (TPSA) is 0 Å². The van der Waals surface area contributed by atoms with E-state index in [0.29, 0.717) is 0 Å². The average molecular weight is 666 g/mol. The molecule has 4 rings (SSSR count). The van der Waals surface area contributed by atoms with Crippen LogP contribution in [-0.4, -0.2) is 0 Å². The molecule has 34 heavy (non-hydrogen) atoms. The van der Waals surface area contributed by atoms with Gasteiger partial charge in [-0.25, -0.2) is 0 Å². The molecule has 0 spiro atoms. The third kappa shape index (κ3) is 6.28. The number of hydrogen-bond donors (Lipinski definition) is 0. The Morgan fingerprint density at radius 1 is 0.500 bits per heavy atom. The van der Waals surface area contributed by atoms with E-state index in [1.807, 2.05) is 0 Å². The van der Waals surface area contributed by atoms with Gasteiger partial charge in [-0.05, 0) is 128 Å². The van der Waals surface area contributed by atoms with Crippen molar-refractivity contribution in [1.29, 1.82) is 0 Å². The summed E-state index contributed by atoms with van der Waals surface area (Å²) in [6.45, 7) is 8.64. The number of rotatable bonds is 9. The van der Waals surface area contributed by atoms with Crippen molar-refractivity contribution < 1.29 is 0 Å². The normalized spacial score (nSPS) is 10.8. The van der Waals surface area contributed by atoms with Crippen molar-refractivity contribution in [3.8, 4) is 0 Å². The molecule has 0 aromatic heterocycles. The molecule has 0 aliphatic rings. The summed E-state index contributed by atoms with van der Waals surface area (Å²) in [6, 6.07) is 34.7. The van der Waals surface area contributed by atoms with Gasteiger partial charge in [0.25, 0.3) is 0 Å². The van der Waals surface area contributed by atoms with Crippen molar-refractivity contribution in [2.45, 2.75) is 25.7 Å². The molecule has 0 heterocycles. The second kappa shape index (κ2) is 12.0. The number of aryl methyl sites for hydroxylation is 2. The highest BCUT2D eigenvalue weighted by atomic mass is 127. The van der Waals surface area contributed by atoms with E-state index in [-0.39, 0.29) is 0 Å². The van der Waals surface area contributed by atoms with Crippen molar-refractivity contribution in [3.63, 3.8) is 0 Å². The van der Waals surface area contributed by atoms with Gasteiger partial charge in [-0.1, -0.05) is 98.1 Å². The fraction of sp³-hybridized carbons (Fsp3) is 0.125. The van der Waals surface area contributed by atoms with Gasteiger partial charge in [0.15, 0.2) is 0 Å². The van der Waals surface area contributed by atoms with E-state index < -0.39 is 0 Å².